The van der Waals surface area contributed by atoms with Gasteiger partial charge in [0.25, 0.3) is 0 Å². The molecule has 0 atom stereocenters. The third-order valence-electron chi connectivity index (χ3n) is 5.38. The predicted molar refractivity (Wildman–Crippen MR) is 134 cm³/mol. The molecule has 0 saturated heterocycles. The van der Waals surface area contributed by atoms with Crippen molar-refractivity contribution in [3.8, 4) is 5.75 Å². The summed E-state index contributed by atoms with van der Waals surface area (Å²) >= 11 is 6.50. The Morgan fingerprint density at radius 1 is 1.12 bits per heavy atom. The van der Waals surface area contributed by atoms with E-state index in [2.05, 4.69) is 25.9 Å². The molecule has 3 rings (SSSR count). The lowest BCUT2D eigenvalue weighted by molar-refractivity contribution is -0.136. The lowest BCUT2D eigenvalue weighted by atomic mass is 9.86. The maximum Gasteiger partial charge on any atom is 0.331 e. The normalized spacial score (nSPS) is 11.6. The standard InChI is InChI=1S/C27H29ClN2O4/c1-18-23(26(28)30(29-18)16-19-7-6-8-22(15-19)33-5)13-14-25(32)34-17-24(31)20-9-11-21(12-10-20)27(2,3)4/h6-15H,16-17H2,1-5H3. The van der Waals surface area contributed by atoms with Gasteiger partial charge in [-0.1, -0.05) is 68.8 Å². The number of ether oxygens (including phenoxy) is 2. The monoisotopic (exact) mass is 480 g/mol. The van der Waals surface area contributed by atoms with E-state index in [1.165, 1.54) is 6.08 Å². The molecule has 34 heavy (non-hydrogen) atoms. The Hall–Kier alpha value is -3.38. The number of aryl methyl sites for hydroxylation is 1. The van der Waals surface area contributed by atoms with E-state index < -0.39 is 5.97 Å². The van der Waals surface area contributed by atoms with Crippen LogP contribution in [0.3, 0.4) is 0 Å². The molecule has 0 bridgehead atoms. The molecule has 6 nitrogen and oxygen atoms in total. The van der Waals surface area contributed by atoms with Gasteiger partial charge in [0.05, 0.1) is 19.3 Å². The van der Waals surface area contributed by atoms with E-state index in [1.54, 1.807) is 30.0 Å². The van der Waals surface area contributed by atoms with E-state index in [9.17, 15) is 9.59 Å². The zero-order valence-corrected chi connectivity index (χ0v) is 20.8. The number of benzene rings is 2. The maximum atomic E-state index is 12.4. The minimum Gasteiger partial charge on any atom is -0.497 e. The van der Waals surface area contributed by atoms with Crippen LogP contribution in [0.4, 0.5) is 0 Å². The van der Waals surface area contributed by atoms with Gasteiger partial charge in [-0.2, -0.15) is 5.10 Å². The van der Waals surface area contributed by atoms with Crippen molar-refractivity contribution in [1.29, 1.82) is 0 Å². The van der Waals surface area contributed by atoms with Crippen LogP contribution in [-0.4, -0.2) is 35.2 Å². The van der Waals surface area contributed by atoms with Gasteiger partial charge < -0.3 is 9.47 Å². The third-order valence-corrected chi connectivity index (χ3v) is 5.78. The number of aromatic nitrogens is 2. The van der Waals surface area contributed by atoms with Crippen LogP contribution in [0, 0.1) is 6.92 Å². The molecule has 0 unspecified atom stereocenters. The van der Waals surface area contributed by atoms with E-state index in [0.29, 0.717) is 28.5 Å². The van der Waals surface area contributed by atoms with Gasteiger partial charge in [0, 0.05) is 17.2 Å². The molecular formula is C27H29ClN2O4. The van der Waals surface area contributed by atoms with E-state index in [-0.39, 0.29) is 17.8 Å². The number of halogens is 1. The molecule has 0 aliphatic rings. The topological polar surface area (TPSA) is 70.4 Å². The molecule has 178 valence electrons. The van der Waals surface area contributed by atoms with E-state index >= 15 is 0 Å². The number of hydrogen-bond donors (Lipinski definition) is 0. The fourth-order valence-corrected chi connectivity index (χ4v) is 3.68. The molecule has 0 amide bonds. The number of carbonyl (C=O) groups is 2. The summed E-state index contributed by atoms with van der Waals surface area (Å²) in [4.78, 5) is 24.6. The van der Waals surface area contributed by atoms with Crippen molar-refractivity contribution < 1.29 is 19.1 Å². The highest BCUT2D eigenvalue weighted by molar-refractivity contribution is 6.31. The molecule has 0 N–H and O–H groups in total. The smallest absolute Gasteiger partial charge is 0.331 e. The van der Waals surface area contributed by atoms with Gasteiger partial charge in [0.15, 0.2) is 12.4 Å². The van der Waals surface area contributed by atoms with Crippen molar-refractivity contribution in [2.24, 2.45) is 0 Å². The summed E-state index contributed by atoms with van der Waals surface area (Å²) in [6.07, 6.45) is 2.80. The summed E-state index contributed by atoms with van der Waals surface area (Å²) in [6, 6.07) is 15.0. The number of hydrogen-bond acceptors (Lipinski definition) is 5. The Morgan fingerprint density at radius 3 is 2.47 bits per heavy atom. The molecule has 0 aliphatic carbocycles. The first-order valence-electron chi connectivity index (χ1n) is 10.9. The summed E-state index contributed by atoms with van der Waals surface area (Å²) < 4.78 is 12.0. The summed E-state index contributed by atoms with van der Waals surface area (Å²) in [5.74, 6) is -0.140. The van der Waals surface area contributed by atoms with Gasteiger partial charge in [-0.3, -0.25) is 4.79 Å². The van der Waals surface area contributed by atoms with Crippen LogP contribution in [0.2, 0.25) is 5.15 Å². The Bertz CT molecular complexity index is 1200. The highest BCUT2D eigenvalue weighted by Gasteiger charge is 2.16. The summed E-state index contributed by atoms with van der Waals surface area (Å²) in [5, 5.41) is 4.87. The molecule has 7 heteroatoms. The van der Waals surface area contributed by atoms with Crippen molar-refractivity contribution in [2.45, 2.75) is 39.7 Å². The molecule has 3 aromatic rings. The molecular weight excluding hydrogens is 452 g/mol. The number of nitrogens with zero attached hydrogens (tertiary/aromatic N) is 2. The van der Waals surface area contributed by atoms with Crippen molar-refractivity contribution in [3.63, 3.8) is 0 Å². The van der Waals surface area contributed by atoms with Crippen molar-refractivity contribution in [2.75, 3.05) is 13.7 Å². The van der Waals surface area contributed by atoms with Crippen LogP contribution in [0.15, 0.2) is 54.6 Å². The van der Waals surface area contributed by atoms with Gasteiger partial charge in [0.2, 0.25) is 0 Å². The molecule has 1 heterocycles. The molecule has 0 radical (unpaired) electrons. The van der Waals surface area contributed by atoms with E-state index in [1.807, 2.05) is 43.3 Å². The van der Waals surface area contributed by atoms with Gasteiger partial charge >= 0.3 is 5.97 Å². The molecule has 2 aromatic carbocycles. The first-order chi connectivity index (χ1) is 16.1. The quantitative estimate of drug-likeness (QED) is 0.237. The SMILES string of the molecule is COc1cccc(Cn2nc(C)c(C=CC(=O)OCC(=O)c3ccc(C(C)(C)C)cc3)c2Cl)c1. The molecule has 0 fully saturated rings. The largest absolute Gasteiger partial charge is 0.497 e. The van der Waals surface area contributed by atoms with Crippen LogP contribution in [0.5, 0.6) is 5.75 Å². The molecule has 0 aliphatic heterocycles. The predicted octanol–water partition coefficient (Wildman–Crippen LogP) is 5.64. The van der Waals surface area contributed by atoms with Gasteiger partial charge in [-0.05, 0) is 41.7 Å². The molecule has 1 aromatic heterocycles. The van der Waals surface area contributed by atoms with Crippen LogP contribution in [-0.2, 0) is 21.5 Å². The Morgan fingerprint density at radius 2 is 1.82 bits per heavy atom. The average molecular weight is 481 g/mol. The molecule has 0 saturated carbocycles. The number of rotatable bonds is 8. The minimum atomic E-state index is -0.629. The maximum absolute atomic E-state index is 12.4. The van der Waals surface area contributed by atoms with Gasteiger partial charge in [-0.25, -0.2) is 9.48 Å². The third kappa shape index (κ3) is 6.35. The summed E-state index contributed by atoms with van der Waals surface area (Å²) in [6.45, 7) is 8.25. The summed E-state index contributed by atoms with van der Waals surface area (Å²) in [7, 11) is 1.61. The van der Waals surface area contributed by atoms with E-state index in [4.69, 9.17) is 21.1 Å². The second-order valence-corrected chi connectivity index (χ2v) is 9.35. The zero-order valence-electron chi connectivity index (χ0n) is 20.1. The number of Topliss-reactive ketones (excluding diaryl/α,β-unsaturated/α-hetero) is 1. The number of methoxy groups -OCH3 is 1. The first kappa shape index (κ1) is 25.2. The Balaban J connectivity index is 1.60. The summed E-state index contributed by atoms with van der Waals surface area (Å²) in [5.41, 5.74) is 3.90. The fraction of sp³-hybridized carbons (Fsp3) is 0.296. The average Bonchev–Trinajstić information content (AvgIpc) is 3.07. The fourth-order valence-electron chi connectivity index (χ4n) is 3.38. The van der Waals surface area contributed by atoms with Crippen LogP contribution < -0.4 is 4.74 Å². The van der Waals surface area contributed by atoms with Gasteiger partial charge in [0.1, 0.15) is 10.9 Å². The lowest BCUT2D eigenvalue weighted by Crippen LogP contribution is -2.14. The Kier molecular flexibility index (Phi) is 7.94. The Labute approximate surface area is 205 Å². The second-order valence-electron chi connectivity index (χ2n) is 8.99. The van der Waals surface area contributed by atoms with Crippen molar-refractivity contribution in [1.82, 2.24) is 9.78 Å². The number of carbonyl (C=O) groups excluding carboxylic acids is 2. The van der Waals surface area contributed by atoms with Crippen LogP contribution in [0.25, 0.3) is 6.08 Å². The van der Waals surface area contributed by atoms with Crippen molar-refractivity contribution >= 4 is 29.4 Å². The minimum absolute atomic E-state index is 0.00000959. The zero-order chi connectivity index (χ0) is 24.9. The van der Waals surface area contributed by atoms with Crippen LogP contribution in [0.1, 0.15) is 53.5 Å². The van der Waals surface area contributed by atoms with Crippen LogP contribution >= 0.6 is 11.6 Å². The lowest BCUT2D eigenvalue weighted by Gasteiger charge is -2.18. The highest BCUT2D eigenvalue weighted by atomic mass is 35.5. The highest BCUT2D eigenvalue weighted by Crippen LogP contribution is 2.24. The number of esters is 1. The van der Waals surface area contributed by atoms with Crippen molar-refractivity contribution in [3.05, 3.63) is 87.7 Å². The van der Waals surface area contributed by atoms with E-state index in [0.717, 1.165) is 16.9 Å². The van der Waals surface area contributed by atoms with Gasteiger partial charge in [-0.15, -0.1) is 0 Å². The second kappa shape index (κ2) is 10.7. The number of ketones is 1. The molecule has 0 spiro atoms. The first-order valence-corrected chi connectivity index (χ1v) is 11.3.